The molecule has 0 aliphatic heterocycles. The van der Waals surface area contributed by atoms with Crippen molar-refractivity contribution in [3.63, 3.8) is 0 Å². The fraction of sp³-hybridized carbons (Fsp3) is 0.125. The molecule has 23 heavy (non-hydrogen) atoms. The molecule has 1 amide bonds. The van der Waals surface area contributed by atoms with Crippen molar-refractivity contribution in [3.8, 4) is 11.5 Å². The number of nitrogens with zero attached hydrogens (tertiary/aromatic N) is 1. The average Bonchev–Trinajstić information content (AvgIpc) is 2.55. The van der Waals surface area contributed by atoms with E-state index in [2.05, 4.69) is 10.5 Å². The topological polar surface area (TPSA) is 59.9 Å². The van der Waals surface area contributed by atoms with E-state index in [1.807, 2.05) is 6.07 Å². The summed E-state index contributed by atoms with van der Waals surface area (Å²) in [5, 5.41) is 4.80. The van der Waals surface area contributed by atoms with Crippen LogP contribution in [0.3, 0.4) is 0 Å². The number of ether oxygens (including phenoxy) is 2. The summed E-state index contributed by atoms with van der Waals surface area (Å²) in [5.41, 5.74) is 2.99. The maximum absolute atomic E-state index is 11.7. The molecule has 0 radical (unpaired) electrons. The number of benzene rings is 2. The van der Waals surface area contributed by atoms with E-state index in [-0.39, 0.29) is 6.61 Å². The quantitative estimate of drug-likeness (QED) is 0.638. The van der Waals surface area contributed by atoms with Crippen molar-refractivity contribution in [2.75, 3.05) is 13.7 Å². The number of rotatable bonds is 6. The third-order valence-corrected chi connectivity index (χ3v) is 3.35. The largest absolute Gasteiger partial charge is 0.493 e. The molecule has 0 bridgehead atoms. The standard InChI is InChI=1S/C16H14Cl2N2O3/c1-22-14-4-2-3-5-15(14)23-10-16(21)20-19-9-11-6-7-12(17)8-13(11)18/h2-9H,10H2,1H3,(H,20,21). The lowest BCUT2D eigenvalue weighted by atomic mass is 10.2. The van der Waals surface area contributed by atoms with Crippen LogP contribution < -0.4 is 14.9 Å². The Morgan fingerprint density at radius 1 is 1.22 bits per heavy atom. The summed E-state index contributed by atoms with van der Waals surface area (Å²) in [6.45, 7) is -0.188. The molecule has 5 nitrogen and oxygen atoms in total. The highest BCUT2D eigenvalue weighted by molar-refractivity contribution is 6.36. The molecule has 2 aromatic rings. The summed E-state index contributed by atoms with van der Waals surface area (Å²) in [7, 11) is 1.53. The fourth-order valence-corrected chi connectivity index (χ4v) is 2.15. The van der Waals surface area contributed by atoms with E-state index < -0.39 is 5.91 Å². The number of halogens is 2. The van der Waals surface area contributed by atoms with Crippen LogP contribution in [0.5, 0.6) is 11.5 Å². The second-order valence-corrected chi connectivity index (χ2v) is 5.24. The van der Waals surface area contributed by atoms with Crippen LogP contribution in [-0.2, 0) is 4.79 Å². The van der Waals surface area contributed by atoms with Gasteiger partial charge in [-0.15, -0.1) is 0 Å². The monoisotopic (exact) mass is 352 g/mol. The summed E-state index contributed by atoms with van der Waals surface area (Å²) in [5.74, 6) is 0.629. The molecule has 0 aliphatic carbocycles. The zero-order valence-electron chi connectivity index (χ0n) is 12.3. The van der Waals surface area contributed by atoms with Crippen molar-refractivity contribution in [3.05, 3.63) is 58.1 Å². The van der Waals surface area contributed by atoms with E-state index in [0.29, 0.717) is 27.1 Å². The van der Waals surface area contributed by atoms with Crippen molar-refractivity contribution in [1.29, 1.82) is 0 Å². The zero-order valence-corrected chi connectivity index (χ0v) is 13.8. The van der Waals surface area contributed by atoms with Gasteiger partial charge in [0, 0.05) is 10.6 Å². The zero-order chi connectivity index (χ0) is 16.7. The summed E-state index contributed by atoms with van der Waals surface area (Å²) in [6.07, 6.45) is 1.43. The SMILES string of the molecule is COc1ccccc1OCC(=O)NN=Cc1ccc(Cl)cc1Cl. The minimum Gasteiger partial charge on any atom is -0.493 e. The highest BCUT2D eigenvalue weighted by atomic mass is 35.5. The molecule has 120 valence electrons. The lowest BCUT2D eigenvalue weighted by molar-refractivity contribution is -0.123. The lowest BCUT2D eigenvalue weighted by Crippen LogP contribution is -2.24. The third-order valence-electron chi connectivity index (χ3n) is 2.78. The van der Waals surface area contributed by atoms with Crippen LogP contribution in [0.2, 0.25) is 10.0 Å². The molecule has 0 heterocycles. The van der Waals surface area contributed by atoms with Gasteiger partial charge >= 0.3 is 0 Å². The minimum absolute atomic E-state index is 0.188. The van der Waals surface area contributed by atoms with E-state index in [1.54, 1.807) is 36.4 Å². The van der Waals surface area contributed by atoms with Gasteiger partial charge in [-0.3, -0.25) is 4.79 Å². The number of hydrogen-bond acceptors (Lipinski definition) is 4. The Hall–Kier alpha value is -2.24. The number of carbonyl (C=O) groups excluding carboxylic acids is 1. The number of nitrogens with one attached hydrogen (secondary N) is 1. The van der Waals surface area contributed by atoms with Crippen molar-refractivity contribution >= 4 is 35.3 Å². The molecule has 0 aromatic heterocycles. The Morgan fingerprint density at radius 2 is 1.96 bits per heavy atom. The van der Waals surface area contributed by atoms with Gasteiger partial charge in [-0.1, -0.05) is 41.4 Å². The van der Waals surface area contributed by atoms with Gasteiger partial charge in [0.05, 0.1) is 18.3 Å². The molecule has 2 aromatic carbocycles. The highest BCUT2D eigenvalue weighted by Crippen LogP contribution is 2.25. The van der Waals surface area contributed by atoms with Crippen LogP contribution in [0.25, 0.3) is 0 Å². The van der Waals surface area contributed by atoms with Gasteiger partial charge in [-0.2, -0.15) is 5.10 Å². The molecule has 0 aliphatic rings. The Balaban J connectivity index is 1.86. The van der Waals surface area contributed by atoms with Crippen LogP contribution in [0.4, 0.5) is 0 Å². The number of carbonyl (C=O) groups is 1. The van der Waals surface area contributed by atoms with E-state index in [0.717, 1.165) is 0 Å². The molecule has 0 spiro atoms. The average molecular weight is 353 g/mol. The first-order chi connectivity index (χ1) is 11.1. The predicted octanol–water partition coefficient (Wildman–Crippen LogP) is 3.53. The molecule has 0 unspecified atom stereocenters. The van der Waals surface area contributed by atoms with E-state index >= 15 is 0 Å². The van der Waals surface area contributed by atoms with Gasteiger partial charge in [0.15, 0.2) is 18.1 Å². The first-order valence-electron chi connectivity index (χ1n) is 6.63. The van der Waals surface area contributed by atoms with Gasteiger partial charge in [0.25, 0.3) is 5.91 Å². The normalized spacial score (nSPS) is 10.6. The number of para-hydroxylation sites is 2. The van der Waals surface area contributed by atoms with Gasteiger partial charge in [0.2, 0.25) is 0 Å². The number of hydrazone groups is 1. The maximum Gasteiger partial charge on any atom is 0.277 e. The molecule has 0 atom stereocenters. The van der Waals surface area contributed by atoms with E-state index in [4.69, 9.17) is 32.7 Å². The molecular weight excluding hydrogens is 339 g/mol. The van der Waals surface area contributed by atoms with Gasteiger partial charge in [0.1, 0.15) is 0 Å². The van der Waals surface area contributed by atoms with Crippen molar-refractivity contribution in [1.82, 2.24) is 5.43 Å². The molecular formula is C16H14Cl2N2O3. The minimum atomic E-state index is -0.405. The number of methoxy groups -OCH3 is 1. The Labute approximate surface area is 143 Å². The Morgan fingerprint density at radius 3 is 2.65 bits per heavy atom. The molecule has 7 heteroatoms. The lowest BCUT2D eigenvalue weighted by Gasteiger charge is -2.09. The maximum atomic E-state index is 11.7. The predicted molar refractivity (Wildman–Crippen MR) is 90.7 cm³/mol. The molecule has 0 saturated heterocycles. The van der Waals surface area contributed by atoms with Gasteiger partial charge in [-0.05, 0) is 24.3 Å². The van der Waals surface area contributed by atoms with Crippen molar-refractivity contribution < 1.29 is 14.3 Å². The summed E-state index contributed by atoms with van der Waals surface area (Å²) in [4.78, 5) is 11.7. The summed E-state index contributed by atoms with van der Waals surface area (Å²) >= 11 is 11.8. The molecule has 0 saturated carbocycles. The second kappa shape index (κ2) is 8.41. The smallest absolute Gasteiger partial charge is 0.277 e. The molecule has 1 N–H and O–H groups in total. The van der Waals surface area contributed by atoms with Crippen LogP contribution >= 0.6 is 23.2 Å². The van der Waals surface area contributed by atoms with Gasteiger partial charge in [-0.25, -0.2) is 5.43 Å². The van der Waals surface area contributed by atoms with Gasteiger partial charge < -0.3 is 9.47 Å². The fourth-order valence-electron chi connectivity index (χ4n) is 1.69. The van der Waals surface area contributed by atoms with Crippen molar-refractivity contribution in [2.24, 2.45) is 5.10 Å². The summed E-state index contributed by atoms with van der Waals surface area (Å²) < 4.78 is 10.5. The first kappa shape index (κ1) is 17.1. The Bertz CT molecular complexity index is 720. The highest BCUT2D eigenvalue weighted by Gasteiger charge is 2.06. The molecule has 2 rings (SSSR count). The van der Waals surface area contributed by atoms with Crippen LogP contribution in [0.1, 0.15) is 5.56 Å². The molecule has 0 fully saturated rings. The van der Waals surface area contributed by atoms with Crippen LogP contribution in [0, 0.1) is 0 Å². The number of hydrogen-bond donors (Lipinski definition) is 1. The first-order valence-corrected chi connectivity index (χ1v) is 7.38. The van der Waals surface area contributed by atoms with E-state index in [1.165, 1.54) is 13.3 Å². The van der Waals surface area contributed by atoms with Crippen molar-refractivity contribution in [2.45, 2.75) is 0 Å². The van der Waals surface area contributed by atoms with Crippen LogP contribution in [-0.4, -0.2) is 25.8 Å². The summed E-state index contributed by atoms with van der Waals surface area (Å²) in [6, 6.07) is 12.0. The third kappa shape index (κ3) is 5.16. The number of amides is 1. The van der Waals surface area contributed by atoms with E-state index in [9.17, 15) is 4.79 Å². The van der Waals surface area contributed by atoms with Crippen LogP contribution in [0.15, 0.2) is 47.6 Å². The Kier molecular flexibility index (Phi) is 6.26. The second-order valence-electron chi connectivity index (χ2n) is 4.40.